The lowest BCUT2D eigenvalue weighted by atomic mass is 10.1. The average Bonchev–Trinajstić information content (AvgIpc) is 3.59. The molecule has 16 nitrogen and oxygen atoms in total. The minimum absolute atomic E-state index is 0.0268. The molecule has 1 aliphatic heterocycles. The molecule has 0 spiro atoms. The van der Waals surface area contributed by atoms with E-state index in [1.165, 1.54) is 61.7 Å². The number of hydrogen-bond donors (Lipinski definition) is 1. The highest BCUT2D eigenvalue weighted by Gasteiger charge is 2.39. The van der Waals surface area contributed by atoms with Gasteiger partial charge in [0.05, 0.1) is 39.7 Å². The lowest BCUT2D eigenvalue weighted by molar-refractivity contribution is -0.118. The van der Waals surface area contributed by atoms with Crippen molar-refractivity contribution < 1.29 is 36.3 Å². The van der Waals surface area contributed by atoms with Gasteiger partial charge in [0.25, 0.3) is 5.91 Å². The number of methoxy groups -OCH3 is 1. The van der Waals surface area contributed by atoms with Crippen LogP contribution in [0.5, 0.6) is 11.5 Å². The number of carbonyl (C=O) groups excluding carboxylic acids is 2. The molecule has 1 aliphatic rings. The zero-order chi connectivity index (χ0) is 46.2. The van der Waals surface area contributed by atoms with Crippen molar-refractivity contribution in [3.8, 4) is 11.5 Å². The first-order chi connectivity index (χ1) is 29.9. The Hall–Kier alpha value is -7.05. The van der Waals surface area contributed by atoms with Crippen LogP contribution in [0, 0.1) is 13.8 Å². The standard InChI is InChI=1S/C24H22N4O7S2.C19H18N4O.C2H6/c1-13-20(37(4,34)35)12-15-11-16(5-10-19(15)23(13)30)25-26-22-21(14(2)29)27-28(24(22)31)17-6-8-18(9-7-17)36(3,32)33;1-13-10-18(22-20-2)19(24-3)12-17(13)23-21-16-9-8-14-6-4-5-7-15(14)11-16;1-2/h5-12,22,30H,1-4H3;4-12H,1-3H3;1-2H3. The van der Waals surface area contributed by atoms with Crippen LogP contribution in [0.3, 0.4) is 0 Å². The molecule has 6 aromatic carbocycles. The lowest BCUT2D eigenvalue weighted by Crippen LogP contribution is -2.32. The zero-order valence-electron chi connectivity index (χ0n) is 36.1. The van der Waals surface area contributed by atoms with Gasteiger partial charge in [-0.3, -0.25) is 9.59 Å². The quantitative estimate of drug-likeness (QED) is 0.130. The van der Waals surface area contributed by atoms with Gasteiger partial charge in [0.15, 0.2) is 31.5 Å². The van der Waals surface area contributed by atoms with Gasteiger partial charge in [0.1, 0.15) is 22.9 Å². The van der Waals surface area contributed by atoms with Crippen molar-refractivity contribution in [2.45, 2.75) is 50.5 Å². The number of hydrazone groups is 1. The number of ketones is 1. The number of phenols is 1. The number of phenolic OH excluding ortho intramolecular Hbond substituents is 1. The van der Waals surface area contributed by atoms with Gasteiger partial charge in [-0.1, -0.05) is 44.2 Å². The summed E-state index contributed by atoms with van der Waals surface area (Å²) in [6.45, 7) is 8.70. The van der Waals surface area contributed by atoms with E-state index in [-0.39, 0.29) is 38.2 Å². The van der Waals surface area contributed by atoms with E-state index in [4.69, 9.17) is 4.74 Å². The van der Waals surface area contributed by atoms with Crippen LogP contribution in [0.2, 0.25) is 0 Å². The second kappa shape index (κ2) is 19.8. The number of benzene rings is 6. The van der Waals surface area contributed by atoms with Gasteiger partial charge in [-0.25, -0.2) is 16.8 Å². The summed E-state index contributed by atoms with van der Waals surface area (Å²) in [6, 6.07) is 28.0. The number of Topliss-reactive ketones (excluding diaryl/α,β-unsaturated/α-hetero) is 1. The summed E-state index contributed by atoms with van der Waals surface area (Å²) < 4.78 is 53.0. The molecule has 7 rings (SSSR count). The van der Waals surface area contributed by atoms with Gasteiger partial charge in [-0.15, -0.1) is 0 Å². The summed E-state index contributed by atoms with van der Waals surface area (Å²) in [6.07, 6.45) is 2.10. The fraction of sp³-hybridized carbons (Fsp3) is 0.222. The average molecular weight is 891 g/mol. The molecule has 0 fully saturated rings. The number of anilines is 1. The lowest BCUT2D eigenvalue weighted by Gasteiger charge is -2.12. The fourth-order valence-electron chi connectivity index (χ4n) is 6.33. The topological polar surface area (TPSA) is 222 Å². The molecule has 1 N–H and O–H groups in total. The first-order valence-electron chi connectivity index (χ1n) is 19.4. The number of ether oxygens (including phenoxy) is 1. The number of azo groups is 3. The highest BCUT2D eigenvalue weighted by Crippen LogP contribution is 2.37. The molecule has 1 unspecified atom stereocenters. The molecule has 0 saturated heterocycles. The van der Waals surface area contributed by atoms with Crippen LogP contribution in [0.4, 0.5) is 28.4 Å². The summed E-state index contributed by atoms with van der Waals surface area (Å²) in [4.78, 5) is 25.3. The Morgan fingerprint density at radius 1 is 0.746 bits per heavy atom. The Morgan fingerprint density at radius 3 is 2.00 bits per heavy atom. The maximum Gasteiger partial charge on any atom is 0.280 e. The molecule has 1 atom stereocenters. The Balaban J connectivity index is 0.000000248. The smallest absolute Gasteiger partial charge is 0.280 e. The third-order valence-corrected chi connectivity index (χ3v) is 11.8. The van der Waals surface area contributed by atoms with Gasteiger partial charge >= 0.3 is 0 Å². The normalized spacial score (nSPS) is 14.2. The molecular formula is C45H46N8O8S2. The van der Waals surface area contributed by atoms with Crippen LogP contribution in [-0.2, 0) is 29.3 Å². The van der Waals surface area contributed by atoms with Crippen molar-refractivity contribution in [2.24, 2.45) is 35.8 Å². The molecule has 0 radical (unpaired) electrons. The maximum atomic E-state index is 13.1. The Bertz CT molecular complexity index is 3080. The number of rotatable bonds is 10. The highest BCUT2D eigenvalue weighted by molar-refractivity contribution is 7.91. The molecule has 18 heteroatoms. The number of aromatic hydroxyl groups is 1. The molecule has 6 aromatic rings. The van der Waals surface area contributed by atoms with E-state index in [1.54, 1.807) is 20.2 Å². The van der Waals surface area contributed by atoms with Crippen molar-refractivity contribution in [3.63, 3.8) is 0 Å². The van der Waals surface area contributed by atoms with Gasteiger partial charge in [0.2, 0.25) is 0 Å². The van der Waals surface area contributed by atoms with Crippen LogP contribution in [0.15, 0.2) is 149 Å². The predicted molar refractivity (Wildman–Crippen MR) is 245 cm³/mol. The maximum absolute atomic E-state index is 13.1. The van der Waals surface area contributed by atoms with E-state index in [0.717, 1.165) is 39.8 Å². The molecule has 0 aliphatic carbocycles. The summed E-state index contributed by atoms with van der Waals surface area (Å²) in [5, 5.41) is 43.3. The van der Waals surface area contributed by atoms with Crippen LogP contribution >= 0.6 is 0 Å². The van der Waals surface area contributed by atoms with E-state index in [9.17, 15) is 31.5 Å². The summed E-state index contributed by atoms with van der Waals surface area (Å²) in [5.41, 5.74) is 3.78. The van der Waals surface area contributed by atoms with Crippen LogP contribution in [-0.4, -0.2) is 72.1 Å². The number of fused-ring (bicyclic) bond motifs is 2. The number of hydrogen-bond acceptors (Lipinski definition) is 15. The van der Waals surface area contributed by atoms with Crippen molar-refractivity contribution in [1.29, 1.82) is 0 Å². The second-order valence-corrected chi connectivity index (χ2v) is 17.9. The zero-order valence-corrected chi connectivity index (χ0v) is 37.7. The van der Waals surface area contributed by atoms with E-state index in [1.807, 2.05) is 63.2 Å². The number of amides is 1. The first-order valence-corrected chi connectivity index (χ1v) is 23.2. The number of sulfone groups is 2. The van der Waals surface area contributed by atoms with Gasteiger partial charge in [-0.05, 0) is 102 Å². The number of carbonyl (C=O) groups is 2. The fourth-order valence-corrected chi connectivity index (χ4v) is 7.95. The SMILES string of the molecule is CC.CC(=O)C1=NN(c2ccc(S(C)(=O)=O)cc2)C(=O)C1N=Nc1ccc2c(O)c(C)c(S(C)(=O)=O)cc2c1.CN=Nc1cc(C)c(N=Nc2ccc3ccccc3c2)cc1OC. The summed E-state index contributed by atoms with van der Waals surface area (Å²) in [7, 11) is -3.81. The third-order valence-electron chi connectivity index (χ3n) is 9.48. The van der Waals surface area contributed by atoms with E-state index >= 15 is 0 Å². The van der Waals surface area contributed by atoms with Crippen molar-refractivity contribution >= 4 is 87.1 Å². The van der Waals surface area contributed by atoms with Crippen LogP contribution < -0.4 is 9.75 Å². The van der Waals surface area contributed by atoms with Gasteiger partial charge < -0.3 is 9.84 Å². The molecule has 0 saturated carbocycles. The Labute approximate surface area is 365 Å². The molecular weight excluding hydrogens is 845 g/mol. The number of aryl methyl sites for hydroxylation is 1. The van der Waals surface area contributed by atoms with E-state index < -0.39 is 37.4 Å². The van der Waals surface area contributed by atoms with E-state index in [0.29, 0.717) is 22.2 Å². The molecule has 1 heterocycles. The molecule has 0 aromatic heterocycles. The second-order valence-electron chi connectivity index (χ2n) is 13.9. The highest BCUT2D eigenvalue weighted by atomic mass is 32.2. The van der Waals surface area contributed by atoms with Crippen molar-refractivity contribution in [2.75, 3.05) is 31.7 Å². The van der Waals surface area contributed by atoms with Crippen LogP contribution in [0.25, 0.3) is 21.5 Å². The molecule has 0 bridgehead atoms. The van der Waals surface area contributed by atoms with Gasteiger partial charge in [0, 0.05) is 43.5 Å². The van der Waals surface area contributed by atoms with E-state index in [2.05, 4.69) is 47.9 Å². The Morgan fingerprint density at radius 2 is 1.38 bits per heavy atom. The van der Waals surface area contributed by atoms with Crippen molar-refractivity contribution in [1.82, 2.24) is 0 Å². The monoisotopic (exact) mass is 890 g/mol. The van der Waals surface area contributed by atoms with Crippen LogP contribution in [0.1, 0.15) is 31.9 Å². The molecule has 63 heavy (non-hydrogen) atoms. The van der Waals surface area contributed by atoms with Gasteiger partial charge in [-0.2, -0.15) is 40.8 Å². The number of nitrogens with zero attached hydrogens (tertiary/aromatic N) is 8. The summed E-state index contributed by atoms with van der Waals surface area (Å²) in [5.74, 6) is -0.701. The largest absolute Gasteiger partial charge is 0.507 e. The Kier molecular flexibility index (Phi) is 14.7. The van der Waals surface area contributed by atoms with Crippen molar-refractivity contribution in [3.05, 3.63) is 114 Å². The summed E-state index contributed by atoms with van der Waals surface area (Å²) >= 11 is 0. The minimum Gasteiger partial charge on any atom is -0.507 e. The molecule has 1 amide bonds. The predicted octanol–water partition coefficient (Wildman–Crippen LogP) is 10.4. The molecule has 326 valence electrons. The first kappa shape index (κ1) is 47.0. The minimum atomic E-state index is -3.60. The third kappa shape index (κ3) is 10.9.